The second-order valence-electron chi connectivity index (χ2n) is 4.58. The number of nitrogens with zero attached hydrogens (tertiary/aromatic N) is 1. The lowest BCUT2D eigenvalue weighted by atomic mass is 9.86. The Balaban J connectivity index is 2.49. The Hall–Kier alpha value is -0.200. The maximum atomic E-state index is 9.45. The lowest BCUT2D eigenvalue weighted by Gasteiger charge is -2.29. The van der Waals surface area contributed by atoms with Crippen LogP contribution in [0.3, 0.4) is 0 Å². The van der Waals surface area contributed by atoms with Gasteiger partial charge in [-0.2, -0.15) is 17.0 Å². The Morgan fingerprint density at radius 1 is 1.50 bits per heavy atom. The smallest absolute Gasteiger partial charge is 0.109 e. The molecular formula is C13H24N2S. The predicted octanol–water partition coefficient (Wildman–Crippen LogP) is 3.19. The Morgan fingerprint density at radius 2 is 2.31 bits per heavy atom. The van der Waals surface area contributed by atoms with E-state index in [9.17, 15) is 5.26 Å². The maximum absolute atomic E-state index is 9.45. The van der Waals surface area contributed by atoms with Crippen LogP contribution in [0.4, 0.5) is 0 Å². The summed E-state index contributed by atoms with van der Waals surface area (Å²) in [6.07, 6.45) is 5.80. The fraction of sp³-hybridized carbons (Fsp3) is 0.923. The molecule has 0 heterocycles. The summed E-state index contributed by atoms with van der Waals surface area (Å²) < 4.78 is 0. The Labute approximate surface area is 104 Å². The van der Waals surface area contributed by atoms with Crippen molar-refractivity contribution >= 4 is 11.8 Å². The molecule has 2 unspecified atom stereocenters. The first-order valence-corrected chi connectivity index (χ1v) is 7.68. The zero-order chi connectivity index (χ0) is 11.9. The van der Waals surface area contributed by atoms with Crippen molar-refractivity contribution in [3.63, 3.8) is 0 Å². The van der Waals surface area contributed by atoms with Gasteiger partial charge in [0.15, 0.2) is 0 Å². The minimum atomic E-state index is -0.204. The van der Waals surface area contributed by atoms with E-state index in [1.54, 1.807) is 0 Å². The highest BCUT2D eigenvalue weighted by molar-refractivity contribution is 7.99. The molecule has 0 bridgehead atoms. The maximum Gasteiger partial charge on any atom is 0.109 e. The predicted molar refractivity (Wildman–Crippen MR) is 71.6 cm³/mol. The van der Waals surface area contributed by atoms with Gasteiger partial charge in [-0.05, 0) is 49.7 Å². The van der Waals surface area contributed by atoms with Gasteiger partial charge in [0, 0.05) is 0 Å². The number of nitrogens with one attached hydrogen (secondary N) is 1. The number of rotatable bonds is 7. The molecule has 0 radical (unpaired) electrons. The molecule has 0 aromatic heterocycles. The van der Waals surface area contributed by atoms with Crippen LogP contribution in [0.15, 0.2) is 0 Å². The number of thioether (sulfide) groups is 1. The van der Waals surface area contributed by atoms with Crippen molar-refractivity contribution in [1.82, 2.24) is 5.32 Å². The van der Waals surface area contributed by atoms with E-state index in [0.29, 0.717) is 5.92 Å². The van der Waals surface area contributed by atoms with E-state index in [-0.39, 0.29) is 5.54 Å². The minimum Gasteiger partial charge on any atom is -0.299 e. The van der Waals surface area contributed by atoms with Crippen LogP contribution in [0, 0.1) is 17.2 Å². The Bertz CT molecular complexity index is 237. The van der Waals surface area contributed by atoms with Crippen molar-refractivity contribution in [2.45, 2.75) is 51.5 Å². The second-order valence-corrected chi connectivity index (χ2v) is 5.98. The van der Waals surface area contributed by atoms with Crippen molar-refractivity contribution in [2.24, 2.45) is 5.92 Å². The van der Waals surface area contributed by atoms with Gasteiger partial charge in [-0.15, -0.1) is 0 Å². The average molecular weight is 240 g/mol. The van der Waals surface area contributed by atoms with Crippen LogP contribution >= 0.6 is 11.8 Å². The summed E-state index contributed by atoms with van der Waals surface area (Å²) in [6, 6.07) is 2.57. The molecule has 1 fully saturated rings. The van der Waals surface area contributed by atoms with Gasteiger partial charge in [0.05, 0.1) is 6.07 Å². The standard InChI is InChI=1S/C13H24N2S/c1-3-9-15-13(11-14)8-5-6-12(13)7-10-16-4-2/h12,15H,3-10H2,1-2H3. The molecule has 3 heteroatoms. The van der Waals surface area contributed by atoms with Gasteiger partial charge >= 0.3 is 0 Å². The second kappa shape index (κ2) is 7.19. The molecule has 0 spiro atoms. The van der Waals surface area contributed by atoms with E-state index in [1.165, 1.54) is 30.8 Å². The zero-order valence-corrected chi connectivity index (χ0v) is 11.4. The van der Waals surface area contributed by atoms with Crippen LogP contribution in [0.2, 0.25) is 0 Å². The molecule has 1 N–H and O–H groups in total. The summed E-state index contributed by atoms with van der Waals surface area (Å²) >= 11 is 1.99. The summed E-state index contributed by atoms with van der Waals surface area (Å²) in [6.45, 7) is 5.34. The normalized spacial score (nSPS) is 29.2. The molecule has 92 valence electrons. The molecule has 0 saturated heterocycles. The molecular weight excluding hydrogens is 216 g/mol. The van der Waals surface area contributed by atoms with E-state index < -0.39 is 0 Å². The molecule has 0 amide bonds. The third-order valence-corrected chi connectivity index (χ3v) is 4.46. The van der Waals surface area contributed by atoms with Gasteiger partial charge in [-0.1, -0.05) is 20.3 Å². The van der Waals surface area contributed by atoms with E-state index >= 15 is 0 Å². The van der Waals surface area contributed by atoms with Crippen LogP contribution in [0.5, 0.6) is 0 Å². The summed E-state index contributed by atoms with van der Waals surface area (Å²) in [7, 11) is 0. The topological polar surface area (TPSA) is 35.8 Å². The summed E-state index contributed by atoms with van der Waals surface area (Å²) in [5, 5.41) is 13.0. The van der Waals surface area contributed by atoms with Gasteiger partial charge < -0.3 is 0 Å². The number of hydrogen-bond donors (Lipinski definition) is 1. The minimum absolute atomic E-state index is 0.204. The van der Waals surface area contributed by atoms with Crippen molar-refractivity contribution in [2.75, 3.05) is 18.1 Å². The van der Waals surface area contributed by atoms with Crippen molar-refractivity contribution in [3.05, 3.63) is 0 Å². The highest BCUT2D eigenvalue weighted by Crippen LogP contribution is 2.38. The molecule has 0 aliphatic heterocycles. The number of hydrogen-bond acceptors (Lipinski definition) is 3. The van der Waals surface area contributed by atoms with Gasteiger partial charge in [-0.3, -0.25) is 5.32 Å². The number of nitriles is 1. The third kappa shape index (κ3) is 3.40. The monoisotopic (exact) mass is 240 g/mol. The molecule has 2 atom stereocenters. The first kappa shape index (κ1) is 13.9. The van der Waals surface area contributed by atoms with Crippen molar-refractivity contribution in [3.8, 4) is 6.07 Å². The average Bonchev–Trinajstić information content (AvgIpc) is 2.71. The Kier molecular flexibility index (Phi) is 6.23. The largest absolute Gasteiger partial charge is 0.299 e. The Morgan fingerprint density at radius 3 is 2.94 bits per heavy atom. The zero-order valence-electron chi connectivity index (χ0n) is 10.6. The highest BCUT2D eigenvalue weighted by Gasteiger charge is 2.42. The van der Waals surface area contributed by atoms with Crippen molar-refractivity contribution in [1.29, 1.82) is 5.26 Å². The lowest BCUT2D eigenvalue weighted by molar-refractivity contribution is 0.311. The van der Waals surface area contributed by atoms with Gasteiger partial charge in [0.25, 0.3) is 0 Å². The van der Waals surface area contributed by atoms with Gasteiger partial charge in [0.1, 0.15) is 5.54 Å². The first-order valence-electron chi connectivity index (χ1n) is 6.53. The SMILES string of the molecule is CCCNC1(C#N)CCCC1CCSCC. The fourth-order valence-electron chi connectivity index (χ4n) is 2.61. The molecule has 0 aromatic rings. The summed E-state index contributed by atoms with van der Waals surface area (Å²) in [4.78, 5) is 0. The lowest BCUT2D eigenvalue weighted by Crippen LogP contribution is -2.47. The first-order chi connectivity index (χ1) is 7.79. The van der Waals surface area contributed by atoms with Gasteiger partial charge in [-0.25, -0.2) is 0 Å². The quantitative estimate of drug-likeness (QED) is 0.694. The van der Waals surface area contributed by atoms with Crippen LogP contribution in [-0.2, 0) is 0 Å². The van der Waals surface area contributed by atoms with E-state index in [4.69, 9.17) is 0 Å². The van der Waals surface area contributed by atoms with Crippen molar-refractivity contribution < 1.29 is 0 Å². The van der Waals surface area contributed by atoms with Crippen LogP contribution in [0.1, 0.15) is 46.0 Å². The van der Waals surface area contributed by atoms with Crippen LogP contribution < -0.4 is 5.32 Å². The van der Waals surface area contributed by atoms with E-state index in [0.717, 1.165) is 19.4 Å². The summed E-state index contributed by atoms with van der Waals surface area (Å²) in [5.74, 6) is 2.97. The molecule has 1 rings (SSSR count). The molecule has 16 heavy (non-hydrogen) atoms. The molecule has 0 aromatic carbocycles. The summed E-state index contributed by atoms with van der Waals surface area (Å²) in [5.41, 5.74) is -0.204. The van der Waals surface area contributed by atoms with Crippen LogP contribution in [-0.4, -0.2) is 23.6 Å². The highest BCUT2D eigenvalue weighted by atomic mass is 32.2. The van der Waals surface area contributed by atoms with E-state index in [2.05, 4.69) is 25.2 Å². The van der Waals surface area contributed by atoms with E-state index in [1.807, 2.05) is 11.8 Å². The van der Waals surface area contributed by atoms with Crippen LogP contribution in [0.25, 0.3) is 0 Å². The third-order valence-electron chi connectivity index (χ3n) is 3.53. The van der Waals surface area contributed by atoms with Gasteiger partial charge in [0.2, 0.25) is 0 Å². The molecule has 1 aliphatic rings. The molecule has 1 aliphatic carbocycles. The fourth-order valence-corrected chi connectivity index (χ4v) is 3.35. The molecule has 2 nitrogen and oxygen atoms in total. The molecule has 1 saturated carbocycles.